The van der Waals surface area contributed by atoms with Crippen molar-refractivity contribution < 1.29 is 8.42 Å². The Morgan fingerprint density at radius 3 is 2.64 bits per heavy atom. The Bertz CT molecular complexity index is 275. The second-order valence-electron chi connectivity index (χ2n) is 4.38. The van der Waals surface area contributed by atoms with Gasteiger partial charge in [-0.25, -0.2) is 8.42 Å². The zero-order chi connectivity index (χ0) is 10.8. The van der Waals surface area contributed by atoms with E-state index in [1.807, 2.05) is 0 Å². The summed E-state index contributed by atoms with van der Waals surface area (Å²) in [5.74, 6) is 0.843. The monoisotopic (exact) mass is 220 g/mol. The second kappa shape index (κ2) is 4.59. The van der Waals surface area contributed by atoms with Crippen LogP contribution in [0.1, 0.15) is 13.8 Å². The molecule has 0 aromatic rings. The minimum absolute atomic E-state index is 0.247. The molecule has 0 radical (unpaired) electrons. The molecule has 1 unspecified atom stereocenters. The topological polar surface area (TPSA) is 63.4 Å². The van der Waals surface area contributed by atoms with Gasteiger partial charge in [-0.2, -0.15) is 0 Å². The van der Waals surface area contributed by atoms with Gasteiger partial charge in [0.1, 0.15) is 0 Å². The van der Waals surface area contributed by atoms with Gasteiger partial charge in [-0.15, -0.1) is 0 Å². The van der Waals surface area contributed by atoms with E-state index in [2.05, 4.69) is 18.7 Å². The zero-order valence-electron chi connectivity index (χ0n) is 8.94. The molecule has 1 saturated heterocycles. The maximum Gasteiger partial charge on any atom is 0.156 e. The lowest BCUT2D eigenvalue weighted by Gasteiger charge is -2.32. The molecule has 0 bridgehead atoms. The maximum absolute atomic E-state index is 11.5. The summed E-state index contributed by atoms with van der Waals surface area (Å²) < 4.78 is 23.1. The number of rotatable bonds is 3. The van der Waals surface area contributed by atoms with E-state index in [1.165, 1.54) is 0 Å². The minimum atomic E-state index is -2.91. The number of hydrogen-bond donors (Lipinski definition) is 1. The summed E-state index contributed by atoms with van der Waals surface area (Å²) in [6.07, 6.45) is 0. The first-order valence-corrected chi connectivity index (χ1v) is 6.81. The van der Waals surface area contributed by atoms with Crippen molar-refractivity contribution in [3.63, 3.8) is 0 Å². The highest BCUT2D eigenvalue weighted by Crippen LogP contribution is 2.12. The number of nitrogens with two attached hydrogens (primary N) is 1. The molecule has 0 amide bonds. The molecule has 0 aliphatic carbocycles. The van der Waals surface area contributed by atoms with Gasteiger partial charge in [-0.3, -0.25) is 0 Å². The van der Waals surface area contributed by atoms with Crippen LogP contribution in [-0.4, -0.2) is 50.5 Å². The highest BCUT2D eigenvalue weighted by molar-refractivity contribution is 7.92. The fourth-order valence-corrected chi connectivity index (χ4v) is 3.40. The first-order chi connectivity index (χ1) is 6.45. The van der Waals surface area contributed by atoms with Gasteiger partial charge >= 0.3 is 0 Å². The third-order valence-corrected chi connectivity index (χ3v) is 4.66. The Morgan fingerprint density at radius 1 is 1.50 bits per heavy atom. The first kappa shape index (κ1) is 11.9. The summed E-state index contributed by atoms with van der Waals surface area (Å²) in [6, 6.07) is 0. The van der Waals surface area contributed by atoms with Gasteiger partial charge in [0.15, 0.2) is 9.84 Å². The van der Waals surface area contributed by atoms with Gasteiger partial charge in [-0.1, -0.05) is 13.8 Å². The van der Waals surface area contributed by atoms with Crippen LogP contribution in [0.4, 0.5) is 0 Å². The van der Waals surface area contributed by atoms with Crippen molar-refractivity contribution >= 4 is 9.84 Å². The first-order valence-electron chi connectivity index (χ1n) is 5.09. The van der Waals surface area contributed by atoms with Crippen LogP contribution in [0.2, 0.25) is 0 Å². The van der Waals surface area contributed by atoms with Crippen molar-refractivity contribution in [2.75, 3.05) is 31.9 Å². The molecular formula is C9H20N2O2S. The van der Waals surface area contributed by atoms with E-state index in [4.69, 9.17) is 5.73 Å². The smallest absolute Gasteiger partial charge is 0.156 e. The maximum atomic E-state index is 11.5. The molecule has 1 atom stereocenters. The van der Waals surface area contributed by atoms with Crippen LogP contribution in [0.25, 0.3) is 0 Å². The zero-order valence-corrected chi connectivity index (χ0v) is 9.76. The molecule has 4 nitrogen and oxygen atoms in total. The lowest BCUT2D eigenvalue weighted by atomic mass is 10.2. The summed E-state index contributed by atoms with van der Waals surface area (Å²) >= 11 is 0. The summed E-state index contributed by atoms with van der Waals surface area (Å²) in [6.45, 7) is 6.76. The Hall–Kier alpha value is -0.130. The highest BCUT2D eigenvalue weighted by atomic mass is 32.2. The largest absolute Gasteiger partial charge is 0.329 e. The lowest BCUT2D eigenvalue weighted by Crippen LogP contribution is -2.50. The Labute approximate surface area is 86.4 Å². The molecular weight excluding hydrogens is 200 g/mol. The molecule has 1 aliphatic heterocycles. The summed E-state index contributed by atoms with van der Waals surface area (Å²) in [7, 11) is -2.91. The van der Waals surface area contributed by atoms with Crippen molar-refractivity contribution in [3.05, 3.63) is 0 Å². The lowest BCUT2D eigenvalue weighted by molar-refractivity contribution is 0.246. The average Bonchev–Trinajstić information content (AvgIpc) is 2.07. The van der Waals surface area contributed by atoms with Gasteiger partial charge < -0.3 is 10.6 Å². The van der Waals surface area contributed by atoms with Crippen LogP contribution >= 0.6 is 0 Å². The normalized spacial score (nSPS) is 28.1. The van der Waals surface area contributed by atoms with E-state index in [9.17, 15) is 8.42 Å². The van der Waals surface area contributed by atoms with Crippen LogP contribution in [-0.2, 0) is 9.84 Å². The van der Waals surface area contributed by atoms with E-state index in [0.29, 0.717) is 19.0 Å². The van der Waals surface area contributed by atoms with E-state index in [-0.39, 0.29) is 17.5 Å². The van der Waals surface area contributed by atoms with Crippen molar-refractivity contribution in [3.8, 4) is 0 Å². The molecule has 5 heteroatoms. The Balaban J connectivity index is 2.58. The third kappa shape index (κ3) is 2.93. The van der Waals surface area contributed by atoms with Gasteiger partial charge in [0.2, 0.25) is 0 Å². The van der Waals surface area contributed by atoms with Crippen molar-refractivity contribution in [2.45, 2.75) is 19.1 Å². The van der Waals surface area contributed by atoms with E-state index in [1.54, 1.807) is 0 Å². The van der Waals surface area contributed by atoms with Gasteiger partial charge in [0, 0.05) is 26.2 Å². The van der Waals surface area contributed by atoms with E-state index < -0.39 is 9.84 Å². The number of hydrogen-bond acceptors (Lipinski definition) is 4. The van der Waals surface area contributed by atoms with Crippen molar-refractivity contribution in [1.29, 1.82) is 0 Å². The summed E-state index contributed by atoms with van der Waals surface area (Å²) in [4.78, 5) is 2.20. The van der Waals surface area contributed by atoms with Gasteiger partial charge in [-0.05, 0) is 5.92 Å². The van der Waals surface area contributed by atoms with Gasteiger partial charge in [0.25, 0.3) is 0 Å². The summed E-state index contributed by atoms with van der Waals surface area (Å²) in [5.41, 5.74) is 5.47. The number of nitrogens with zero attached hydrogens (tertiary/aromatic N) is 1. The Morgan fingerprint density at radius 2 is 2.14 bits per heavy atom. The van der Waals surface area contributed by atoms with Crippen LogP contribution < -0.4 is 5.73 Å². The van der Waals surface area contributed by atoms with Crippen molar-refractivity contribution in [1.82, 2.24) is 4.90 Å². The average molecular weight is 220 g/mol. The molecule has 0 saturated carbocycles. The molecule has 1 aliphatic rings. The molecule has 0 aromatic heterocycles. The molecule has 0 spiro atoms. The molecule has 1 heterocycles. The molecule has 84 valence electrons. The standard InChI is InChI=1S/C9H20N2O2S/c1-8(2)6-11-3-4-14(12,13)9(5-10)7-11/h8-9H,3-7,10H2,1-2H3. The molecule has 1 fully saturated rings. The molecule has 1 rings (SSSR count). The second-order valence-corrected chi connectivity index (χ2v) is 6.78. The molecule has 2 N–H and O–H groups in total. The van der Waals surface area contributed by atoms with E-state index >= 15 is 0 Å². The van der Waals surface area contributed by atoms with Crippen LogP contribution in [0.3, 0.4) is 0 Å². The van der Waals surface area contributed by atoms with Crippen LogP contribution in [0, 0.1) is 5.92 Å². The van der Waals surface area contributed by atoms with E-state index in [0.717, 1.165) is 6.54 Å². The van der Waals surface area contributed by atoms with Gasteiger partial charge in [0.05, 0.1) is 11.0 Å². The van der Waals surface area contributed by atoms with Crippen LogP contribution in [0.15, 0.2) is 0 Å². The predicted octanol–water partition coefficient (Wildman–Crippen LogP) is -0.300. The summed E-state index contributed by atoms with van der Waals surface area (Å²) in [5, 5.41) is -0.352. The van der Waals surface area contributed by atoms with Crippen LogP contribution in [0.5, 0.6) is 0 Å². The minimum Gasteiger partial charge on any atom is -0.329 e. The molecule has 14 heavy (non-hydrogen) atoms. The quantitative estimate of drug-likeness (QED) is 0.709. The molecule has 0 aromatic carbocycles. The Kier molecular flexibility index (Phi) is 3.92. The number of sulfone groups is 1. The highest BCUT2D eigenvalue weighted by Gasteiger charge is 2.31. The fraction of sp³-hybridized carbons (Fsp3) is 1.00. The van der Waals surface area contributed by atoms with Crippen molar-refractivity contribution in [2.24, 2.45) is 11.7 Å². The fourth-order valence-electron chi connectivity index (χ4n) is 1.82. The predicted molar refractivity (Wildman–Crippen MR) is 57.9 cm³/mol. The third-order valence-electron chi connectivity index (χ3n) is 2.55. The SMILES string of the molecule is CC(C)CN1CCS(=O)(=O)C(CN)C1.